The maximum Gasteiger partial charge on any atom is 0.177 e. The Morgan fingerprint density at radius 3 is 2.62 bits per heavy atom. The van der Waals surface area contributed by atoms with Crippen LogP contribution >= 0.6 is 11.6 Å². The second-order valence-corrected chi connectivity index (χ2v) is 7.40. The fourth-order valence-corrected chi connectivity index (χ4v) is 3.89. The van der Waals surface area contributed by atoms with Gasteiger partial charge in [0.1, 0.15) is 5.82 Å². The van der Waals surface area contributed by atoms with E-state index in [1.54, 1.807) is 10.7 Å². The van der Waals surface area contributed by atoms with Gasteiger partial charge in [0.25, 0.3) is 0 Å². The summed E-state index contributed by atoms with van der Waals surface area (Å²) in [6.45, 7) is 0.669. The van der Waals surface area contributed by atoms with Crippen LogP contribution in [-0.4, -0.2) is 20.6 Å². The van der Waals surface area contributed by atoms with E-state index in [-0.39, 0.29) is 0 Å². The minimum Gasteiger partial charge on any atom is -0.382 e. The van der Waals surface area contributed by atoms with Crippen LogP contribution in [-0.2, 0) is 6.54 Å². The van der Waals surface area contributed by atoms with Crippen molar-refractivity contribution in [1.82, 2.24) is 14.6 Å². The number of hydrogen-bond donors (Lipinski definition) is 3. The Hall–Kier alpha value is -2.31. The number of nitrogen functional groups attached to an aromatic ring is 1. The summed E-state index contributed by atoms with van der Waals surface area (Å²) in [4.78, 5) is 4.49. The molecule has 1 aliphatic carbocycles. The normalized spacial score (nSPS) is 20.4. The zero-order valence-electron chi connectivity index (χ0n) is 14.5. The van der Waals surface area contributed by atoms with Gasteiger partial charge < -0.3 is 16.8 Å². The third-order valence-corrected chi connectivity index (χ3v) is 5.42. The minimum absolute atomic E-state index is 0.293. The molecule has 4 rings (SSSR count). The maximum atomic E-state index is 6.35. The quantitative estimate of drug-likeness (QED) is 0.652. The summed E-state index contributed by atoms with van der Waals surface area (Å²) >= 11 is 5.98. The first kappa shape index (κ1) is 17.1. The molecular weight excluding hydrogens is 348 g/mol. The van der Waals surface area contributed by atoms with Gasteiger partial charge in [-0.2, -0.15) is 0 Å². The molecule has 0 amide bonds. The molecule has 0 unspecified atom stereocenters. The van der Waals surface area contributed by atoms with Gasteiger partial charge in [-0.3, -0.25) is 0 Å². The predicted molar refractivity (Wildman–Crippen MR) is 105 cm³/mol. The molecule has 136 valence electrons. The van der Waals surface area contributed by atoms with Crippen molar-refractivity contribution in [3.8, 4) is 0 Å². The molecule has 0 bridgehead atoms. The largest absolute Gasteiger partial charge is 0.382 e. The summed E-state index contributed by atoms with van der Waals surface area (Å²) in [5.74, 6) is 0.922. The van der Waals surface area contributed by atoms with E-state index < -0.39 is 0 Å². The molecule has 0 atom stereocenters. The lowest BCUT2D eigenvalue weighted by Gasteiger charge is -2.28. The first-order valence-corrected chi connectivity index (χ1v) is 9.36. The number of nitrogens with two attached hydrogens (primary N) is 2. The van der Waals surface area contributed by atoms with Crippen molar-refractivity contribution in [2.45, 2.75) is 44.2 Å². The highest BCUT2D eigenvalue weighted by atomic mass is 35.5. The van der Waals surface area contributed by atoms with Gasteiger partial charge in [0.05, 0.1) is 5.69 Å². The number of hydrogen-bond acceptors (Lipinski definition) is 5. The number of rotatable bonds is 4. The smallest absolute Gasteiger partial charge is 0.177 e. The molecule has 3 aromatic rings. The molecule has 1 fully saturated rings. The van der Waals surface area contributed by atoms with Crippen LogP contribution in [0.2, 0.25) is 5.02 Å². The van der Waals surface area contributed by atoms with Gasteiger partial charge in [-0.25, -0.2) is 9.50 Å². The number of fused-ring (bicyclic) bond motifs is 1. The average molecular weight is 371 g/mol. The Kier molecular flexibility index (Phi) is 4.70. The van der Waals surface area contributed by atoms with Crippen molar-refractivity contribution in [3.05, 3.63) is 52.8 Å². The van der Waals surface area contributed by atoms with Crippen molar-refractivity contribution in [1.29, 1.82) is 0 Å². The molecule has 2 aromatic heterocycles. The predicted octanol–water partition coefficient (Wildman–Crippen LogP) is 3.56. The van der Waals surface area contributed by atoms with Crippen molar-refractivity contribution in [3.63, 3.8) is 0 Å². The van der Waals surface area contributed by atoms with Gasteiger partial charge in [0, 0.05) is 35.6 Å². The Balaban J connectivity index is 1.69. The van der Waals surface area contributed by atoms with E-state index in [9.17, 15) is 0 Å². The summed E-state index contributed by atoms with van der Waals surface area (Å²) < 4.78 is 1.73. The number of nitrogens with one attached hydrogen (secondary N) is 1. The van der Waals surface area contributed by atoms with Crippen LogP contribution in [0.5, 0.6) is 0 Å². The molecule has 7 heteroatoms. The molecule has 0 aliphatic heterocycles. The molecule has 26 heavy (non-hydrogen) atoms. The van der Waals surface area contributed by atoms with Gasteiger partial charge >= 0.3 is 0 Å². The number of halogens is 1. The van der Waals surface area contributed by atoms with E-state index in [0.717, 1.165) is 53.2 Å². The Labute approximate surface area is 157 Å². The molecule has 0 spiro atoms. The second-order valence-electron chi connectivity index (χ2n) is 6.96. The molecular formula is C19H23ClN6. The summed E-state index contributed by atoms with van der Waals surface area (Å²) in [6.07, 6.45) is 7.65. The average Bonchev–Trinajstić information content (AvgIpc) is 3.10. The van der Waals surface area contributed by atoms with E-state index in [2.05, 4.69) is 15.4 Å². The number of anilines is 2. The molecule has 6 nitrogen and oxygen atoms in total. The Bertz CT molecular complexity index is 896. The van der Waals surface area contributed by atoms with Crippen LogP contribution < -0.4 is 16.8 Å². The first-order valence-electron chi connectivity index (χ1n) is 8.98. The van der Waals surface area contributed by atoms with Crippen molar-refractivity contribution >= 4 is 28.8 Å². The van der Waals surface area contributed by atoms with Gasteiger partial charge in [0.2, 0.25) is 0 Å². The molecule has 0 radical (unpaired) electrons. The summed E-state index contributed by atoms with van der Waals surface area (Å²) in [5.41, 5.74) is 16.4. The molecule has 0 saturated heterocycles. The fraction of sp³-hybridized carbons (Fsp3) is 0.368. The third-order valence-electron chi connectivity index (χ3n) is 5.17. The molecule has 5 N–H and O–H groups in total. The van der Waals surface area contributed by atoms with E-state index in [0.29, 0.717) is 24.3 Å². The van der Waals surface area contributed by atoms with E-state index in [4.69, 9.17) is 23.1 Å². The summed E-state index contributed by atoms with van der Waals surface area (Å²) in [7, 11) is 0. The standard InChI is InChI=1S/C19H23ClN6/c20-14-5-1-12(2-6-14)11-24-17-16(13-3-7-15(21)8-4-13)18(22)25-26-10-9-23-19(17)26/h1-2,5-6,9-10,13,15,24H,3-4,7-8,11,21H2,(H2,22,25)/t13-,15-. The first-order chi connectivity index (χ1) is 12.6. The lowest BCUT2D eigenvalue weighted by Crippen LogP contribution is -2.26. The molecule has 1 aliphatic rings. The Morgan fingerprint density at radius 1 is 1.15 bits per heavy atom. The third kappa shape index (κ3) is 3.34. The van der Waals surface area contributed by atoms with Crippen LogP contribution in [0, 0.1) is 0 Å². The van der Waals surface area contributed by atoms with Crippen molar-refractivity contribution in [2.75, 3.05) is 11.1 Å². The lowest BCUT2D eigenvalue weighted by molar-refractivity contribution is 0.396. The molecule has 2 heterocycles. The molecule has 1 aromatic carbocycles. The molecule has 1 saturated carbocycles. The van der Waals surface area contributed by atoms with Gasteiger partial charge in [-0.1, -0.05) is 23.7 Å². The van der Waals surface area contributed by atoms with Gasteiger partial charge in [-0.15, -0.1) is 5.10 Å². The highest BCUT2D eigenvalue weighted by molar-refractivity contribution is 6.30. The van der Waals surface area contributed by atoms with Crippen LogP contribution in [0.1, 0.15) is 42.7 Å². The zero-order chi connectivity index (χ0) is 18.1. The monoisotopic (exact) mass is 370 g/mol. The van der Waals surface area contributed by atoms with Crippen LogP contribution in [0.25, 0.3) is 5.65 Å². The van der Waals surface area contributed by atoms with Crippen LogP contribution in [0.4, 0.5) is 11.5 Å². The van der Waals surface area contributed by atoms with Crippen molar-refractivity contribution in [2.24, 2.45) is 5.73 Å². The SMILES string of the molecule is Nc1nn2ccnc2c(NCc2ccc(Cl)cc2)c1[C@H]1CC[C@H](N)CC1. The summed E-state index contributed by atoms with van der Waals surface area (Å²) in [5, 5.41) is 8.78. The summed E-state index contributed by atoms with van der Waals surface area (Å²) in [6, 6.07) is 8.12. The van der Waals surface area contributed by atoms with Crippen molar-refractivity contribution < 1.29 is 0 Å². The van der Waals surface area contributed by atoms with Gasteiger partial charge in [0.15, 0.2) is 5.65 Å². The zero-order valence-corrected chi connectivity index (χ0v) is 15.3. The number of benzene rings is 1. The van der Waals surface area contributed by atoms with Gasteiger partial charge in [-0.05, 0) is 49.3 Å². The number of imidazole rings is 1. The maximum absolute atomic E-state index is 6.35. The van der Waals surface area contributed by atoms with E-state index in [1.165, 1.54) is 0 Å². The highest BCUT2D eigenvalue weighted by Gasteiger charge is 2.26. The topological polar surface area (TPSA) is 94.3 Å². The van der Waals surface area contributed by atoms with E-state index in [1.807, 2.05) is 30.5 Å². The number of aromatic nitrogens is 3. The number of nitrogens with zero attached hydrogens (tertiary/aromatic N) is 3. The van der Waals surface area contributed by atoms with Crippen LogP contribution in [0.3, 0.4) is 0 Å². The van der Waals surface area contributed by atoms with E-state index >= 15 is 0 Å². The Morgan fingerprint density at radius 2 is 1.88 bits per heavy atom. The van der Waals surface area contributed by atoms with Crippen LogP contribution in [0.15, 0.2) is 36.7 Å². The second kappa shape index (κ2) is 7.13. The fourth-order valence-electron chi connectivity index (χ4n) is 3.76. The highest BCUT2D eigenvalue weighted by Crippen LogP contribution is 2.40. The minimum atomic E-state index is 0.293. The lowest BCUT2D eigenvalue weighted by atomic mass is 9.81.